The number of Topliss-reactive ketones (excluding diaryl/α,β-unsaturated/α-hetero) is 1. The molecule has 136 valence electrons. The number of ketones is 1. The molecule has 1 fully saturated rings. The van der Waals surface area contributed by atoms with Gasteiger partial charge in [0.1, 0.15) is 16.7 Å². The van der Waals surface area contributed by atoms with Crippen LogP contribution in [0.15, 0.2) is 46.8 Å². The van der Waals surface area contributed by atoms with Crippen LogP contribution >= 0.6 is 23.1 Å². The van der Waals surface area contributed by atoms with Gasteiger partial charge >= 0.3 is 0 Å². The summed E-state index contributed by atoms with van der Waals surface area (Å²) in [6.07, 6.45) is 3.50. The summed E-state index contributed by atoms with van der Waals surface area (Å²) >= 11 is 2.60. The third kappa shape index (κ3) is 3.17. The lowest BCUT2D eigenvalue weighted by Crippen LogP contribution is -2.11. The molecule has 3 heterocycles. The van der Waals surface area contributed by atoms with E-state index in [1.807, 2.05) is 35.9 Å². The number of nitrogens with one attached hydrogen (secondary N) is 1. The highest BCUT2D eigenvalue weighted by Crippen LogP contribution is 2.41. The van der Waals surface area contributed by atoms with Gasteiger partial charge in [0.05, 0.1) is 9.95 Å². The summed E-state index contributed by atoms with van der Waals surface area (Å²) in [5, 5.41) is 11.0. The molecule has 0 radical (unpaired) electrons. The van der Waals surface area contributed by atoms with Gasteiger partial charge in [-0.1, -0.05) is 11.8 Å². The Morgan fingerprint density at radius 1 is 1.26 bits per heavy atom. The number of allylic oxidation sites excluding steroid dienone is 1. The van der Waals surface area contributed by atoms with E-state index >= 15 is 0 Å². The Morgan fingerprint density at radius 2 is 2.00 bits per heavy atom. The lowest BCUT2D eigenvalue weighted by molar-refractivity contribution is -0.114. The second-order valence-corrected chi connectivity index (χ2v) is 8.29. The number of halogens is 1. The van der Waals surface area contributed by atoms with Crippen molar-refractivity contribution < 1.29 is 9.18 Å². The third-order valence-electron chi connectivity index (χ3n) is 4.53. The van der Waals surface area contributed by atoms with Crippen molar-refractivity contribution in [1.29, 1.82) is 5.41 Å². The molecule has 4 nitrogen and oxygen atoms in total. The highest BCUT2D eigenvalue weighted by molar-refractivity contribution is 8.19. The summed E-state index contributed by atoms with van der Waals surface area (Å²) in [4.78, 5) is 17.6. The van der Waals surface area contributed by atoms with E-state index in [1.54, 1.807) is 18.3 Å². The first-order valence-corrected chi connectivity index (χ1v) is 10.0. The quantitative estimate of drug-likeness (QED) is 0.625. The number of hydrogen-bond donors (Lipinski definition) is 1. The molecule has 1 unspecified atom stereocenters. The van der Waals surface area contributed by atoms with Crippen molar-refractivity contribution in [2.75, 3.05) is 0 Å². The third-order valence-corrected chi connectivity index (χ3v) is 6.36. The van der Waals surface area contributed by atoms with Gasteiger partial charge in [-0.05, 0) is 55.8 Å². The Hall–Kier alpha value is -2.51. The molecule has 0 amide bonds. The van der Waals surface area contributed by atoms with Crippen LogP contribution in [0.25, 0.3) is 11.8 Å². The normalized spacial score (nSPS) is 18.6. The molecule has 1 saturated heterocycles. The second kappa shape index (κ2) is 6.90. The minimum absolute atomic E-state index is 0.0773. The molecule has 2 aromatic heterocycles. The molecule has 0 saturated carbocycles. The highest BCUT2D eigenvalue weighted by Gasteiger charge is 2.38. The van der Waals surface area contributed by atoms with Gasteiger partial charge in [0.25, 0.3) is 0 Å². The number of benzene rings is 1. The fraction of sp³-hybridized carbons (Fsp3) is 0.150. The highest BCUT2D eigenvalue weighted by atomic mass is 32.2. The number of rotatable bonds is 3. The monoisotopic (exact) mass is 397 g/mol. The SMILES string of the molecule is Cc1cc(C=C2SC(=N)C(c3nccs3)C2=O)c(C)n1-c1ccc(F)cc1. The second-order valence-electron chi connectivity index (χ2n) is 6.28. The first-order chi connectivity index (χ1) is 13.0. The minimum atomic E-state index is -0.582. The van der Waals surface area contributed by atoms with E-state index in [0.717, 1.165) is 22.6 Å². The molecular weight excluding hydrogens is 381 g/mol. The van der Waals surface area contributed by atoms with E-state index in [9.17, 15) is 9.18 Å². The van der Waals surface area contributed by atoms with E-state index in [-0.39, 0.29) is 11.6 Å². The standard InChI is InChI=1S/C20H16FN3OS2/c1-11-9-13(12(2)24(11)15-5-3-14(21)4-6-15)10-16-18(25)17(19(22)27-16)20-23-7-8-26-20/h3-10,17,22H,1-2H3. The van der Waals surface area contributed by atoms with Crippen molar-refractivity contribution in [2.45, 2.75) is 19.8 Å². The van der Waals surface area contributed by atoms with Gasteiger partial charge in [-0.25, -0.2) is 9.37 Å². The maximum atomic E-state index is 13.2. The van der Waals surface area contributed by atoms with Crippen LogP contribution in [0.1, 0.15) is 27.9 Å². The molecule has 3 aromatic rings. The summed E-state index contributed by atoms with van der Waals surface area (Å²) in [6.45, 7) is 3.94. The number of hydrogen-bond acceptors (Lipinski definition) is 5. The fourth-order valence-electron chi connectivity index (χ4n) is 3.25. The van der Waals surface area contributed by atoms with Crippen LogP contribution in [-0.2, 0) is 4.79 Å². The molecule has 1 aliphatic rings. The van der Waals surface area contributed by atoms with Crippen molar-refractivity contribution >= 4 is 40.0 Å². The van der Waals surface area contributed by atoms with Crippen LogP contribution in [0.5, 0.6) is 0 Å². The predicted octanol–water partition coefficient (Wildman–Crippen LogP) is 5.11. The van der Waals surface area contributed by atoms with E-state index in [0.29, 0.717) is 15.0 Å². The molecule has 27 heavy (non-hydrogen) atoms. The predicted molar refractivity (Wildman–Crippen MR) is 108 cm³/mol. The summed E-state index contributed by atoms with van der Waals surface area (Å²) in [5.41, 5.74) is 3.74. The Kier molecular flexibility index (Phi) is 4.57. The minimum Gasteiger partial charge on any atom is -0.318 e. The Balaban J connectivity index is 1.71. The molecule has 0 bridgehead atoms. The van der Waals surface area contributed by atoms with Crippen molar-refractivity contribution in [3.05, 3.63) is 74.6 Å². The van der Waals surface area contributed by atoms with E-state index in [2.05, 4.69) is 4.98 Å². The molecular formula is C20H16FN3OS2. The fourth-order valence-corrected chi connectivity index (χ4v) is 5.05. The van der Waals surface area contributed by atoms with Gasteiger partial charge in [0.2, 0.25) is 0 Å². The van der Waals surface area contributed by atoms with Gasteiger partial charge in [-0.3, -0.25) is 10.2 Å². The van der Waals surface area contributed by atoms with Crippen molar-refractivity contribution in [2.24, 2.45) is 0 Å². The van der Waals surface area contributed by atoms with Crippen molar-refractivity contribution in [3.8, 4) is 5.69 Å². The van der Waals surface area contributed by atoms with Gasteiger partial charge in [0.15, 0.2) is 5.78 Å². The largest absolute Gasteiger partial charge is 0.318 e. The van der Waals surface area contributed by atoms with E-state index < -0.39 is 5.92 Å². The zero-order chi connectivity index (χ0) is 19.1. The Bertz CT molecular complexity index is 1070. The first kappa shape index (κ1) is 17.9. The zero-order valence-electron chi connectivity index (χ0n) is 14.7. The van der Waals surface area contributed by atoms with Gasteiger partial charge in [-0.2, -0.15) is 0 Å². The van der Waals surface area contributed by atoms with Crippen LogP contribution in [0.3, 0.4) is 0 Å². The molecule has 1 aromatic carbocycles. The summed E-state index contributed by atoms with van der Waals surface area (Å²) in [5.74, 6) is -0.934. The number of carbonyl (C=O) groups is 1. The molecule has 1 atom stereocenters. The maximum absolute atomic E-state index is 13.2. The summed E-state index contributed by atoms with van der Waals surface area (Å²) in [6, 6.07) is 8.33. The van der Waals surface area contributed by atoms with Crippen LogP contribution in [0, 0.1) is 25.1 Å². The van der Waals surface area contributed by atoms with E-state index in [4.69, 9.17) is 5.41 Å². The summed E-state index contributed by atoms with van der Waals surface area (Å²) in [7, 11) is 0. The molecule has 1 aliphatic heterocycles. The van der Waals surface area contributed by atoms with E-state index in [1.165, 1.54) is 35.2 Å². The molecule has 7 heteroatoms. The topological polar surface area (TPSA) is 58.7 Å². The lowest BCUT2D eigenvalue weighted by Gasteiger charge is -2.09. The molecule has 0 spiro atoms. The number of nitrogens with zero attached hydrogens (tertiary/aromatic N) is 2. The number of aryl methyl sites for hydroxylation is 1. The number of thioether (sulfide) groups is 1. The molecule has 4 rings (SSSR count). The van der Waals surface area contributed by atoms with Crippen LogP contribution < -0.4 is 0 Å². The first-order valence-electron chi connectivity index (χ1n) is 8.32. The Labute approximate surface area is 164 Å². The van der Waals surface area contributed by atoms with Crippen molar-refractivity contribution in [3.63, 3.8) is 0 Å². The zero-order valence-corrected chi connectivity index (χ0v) is 16.3. The van der Waals surface area contributed by atoms with Crippen LogP contribution in [-0.4, -0.2) is 20.4 Å². The van der Waals surface area contributed by atoms with Gasteiger partial charge < -0.3 is 4.57 Å². The smallest absolute Gasteiger partial charge is 0.186 e. The molecule has 0 aliphatic carbocycles. The number of thiazole rings is 1. The number of carbonyl (C=O) groups excluding carboxylic acids is 1. The van der Waals surface area contributed by atoms with Crippen LogP contribution in [0.2, 0.25) is 0 Å². The average molecular weight is 398 g/mol. The lowest BCUT2D eigenvalue weighted by atomic mass is 10.1. The molecule has 1 N–H and O–H groups in total. The van der Waals surface area contributed by atoms with Gasteiger partial charge in [-0.15, -0.1) is 11.3 Å². The Morgan fingerprint density at radius 3 is 2.67 bits per heavy atom. The van der Waals surface area contributed by atoms with Crippen LogP contribution in [0.4, 0.5) is 4.39 Å². The summed E-state index contributed by atoms with van der Waals surface area (Å²) < 4.78 is 15.3. The van der Waals surface area contributed by atoms with Gasteiger partial charge in [0, 0.05) is 28.7 Å². The maximum Gasteiger partial charge on any atom is 0.186 e. The number of aromatic nitrogens is 2. The van der Waals surface area contributed by atoms with Crippen molar-refractivity contribution in [1.82, 2.24) is 9.55 Å². The average Bonchev–Trinajstić information content (AvgIpc) is 3.31.